The van der Waals surface area contributed by atoms with Crippen molar-refractivity contribution in [3.05, 3.63) is 102 Å². The number of rotatable bonds is 9. The maximum Gasteiger partial charge on any atom is 0.264 e. The van der Waals surface area contributed by atoms with Gasteiger partial charge in [-0.1, -0.05) is 30.3 Å². The van der Waals surface area contributed by atoms with Gasteiger partial charge in [-0.2, -0.15) is 0 Å². The summed E-state index contributed by atoms with van der Waals surface area (Å²) in [4.78, 5) is 20.7. The van der Waals surface area contributed by atoms with Gasteiger partial charge in [0.05, 0.1) is 15.5 Å². The number of amides is 1. The number of carbonyl (C=O) groups is 1. The van der Waals surface area contributed by atoms with E-state index in [0.717, 1.165) is 9.87 Å². The third-order valence-electron chi connectivity index (χ3n) is 5.49. The number of aromatic nitrogens is 2. The monoisotopic (exact) mass is 551 g/mol. The summed E-state index contributed by atoms with van der Waals surface area (Å²) in [6, 6.07) is 20.2. The van der Waals surface area contributed by atoms with Crippen molar-refractivity contribution in [3.8, 4) is 0 Å². The molecule has 38 heavy (non-hydrogen) atoms. The number of hydrogen-bond acceptors (Lipinski definition) is 7. The number of hydrogen-bond donors (Lipinski definition) is 2. The van der Waals surface area contributed by atoms with Crippen molar-refractivity contribution >= 4 is 43.3 Å². The van der Waals surface area contributed by atoms with Crippen molar-refractivity contribution in [2.75, 3.05) is 20.9 Å². The Morgan fingerprint density at radius 3 is 2.13 bits per heavy atom. The second-order valence-corrected chi connectivity index (χ2v) is 11.9. The highest BCUT2D eigenvalue weighted by Gasteiger charge is 2.28. The molecule has 196 valence electrons. The summed E-state index contributed by atoms with van der Waals surface area (Å²) in [5.74, 6) is -0.673. The molecule has 0 saturated carbocycles. The summed E-state index contributed by atoms with van der Waals surface area (Å²) in [6.07, 6.45) is 2.81. The van der Waals surface area contributed by atoms with E-state index in [1.54, 1.807) is 43.3 Å². The molecule has 0 fully saturated rings. The summed E-state index contributed by atoms with van der Waals surface area (Å²) >= 11 is 0. The van der Waals surface area contributed by atoms with Gasteiger partial charge in [-0.3, -0.25) is 9.10 Å². The Labute approximate surface area is 221 Å². The maximum atomic E-state index is 13.6. The number of nitrogens with one attached hydrogen (secondary N) is 2. The van der Waals surface area contributed by atoms with E-state index in [4.69, 9.17) is 0 Å². The molecule has 4 aromatic rings. The highest BCUT2D eigenvalue weighted by Crippen LogP contribution is 2.28. The molecule has 0 atom stereocenters. The molecule has 2 N–H and O–H groups in total. The number of sulfonamides is 2. The zero-order chi connectivity index (χ0) is 27.3. The van der Waals surface area contributed by atoms with Crippen molar-refractivity contribution in [2.24, 2.45) is 0 Å². The van der Waals surface area contributed by atoms with Crippen molar-refractivity contribution in [1.82, 2.24) is 9.97 Å². The van der Waals surface area contributed by atoms with Gasteiger partial charge in [0.25, 0.3) is 20.0 Å². The molecule has 0 unspecified atom stereocenters. The van der Waals surface area contributed by atoms with Gasteiger partial charge in [-0.15, -0.1) is 0 Å². The molecule has 0 aliphatic heterocycles. The number of anilines is 3. The minimum Gasteiger partial charge on any atom is -0.325 e. The zero-order valence-corrected chi connectivity index (χ0v) is 22.2. The van der Waals surface area contributed by atoms with Crippen LogP contribution in [0, 0.1) is 13.8 Å². The van der Waals surface area contributed by atoms with Crippen LogP contribution in [-0.4, -0.2) is 39.3 Å². The molecule has 0 aliphatic rings. The highest BCUT2D eigenvalue weighted by molar-refractivity contribution is 7.93. The Kier molecular flexibility index (Phi) is 7.74. The zero-order valence-electron chi connectivity index (χ0n) is 20.6. The van der Waals surface area contributed by atoms with Crippen LogP contribution >= 0.6 is 0 Å². The smallest absolute Gasteiger partial charge is 0.264 e. The second kappa shape index (κ2) is 11.0. The molecule has 0 spiro atoms. The molecule has 0 aliphatic carbocycles. The highest BCUT2D eigenvalue weighted by atomic mass is 32.2. The molecule has 12 heteroatoms. The average Bonchev–Trinajstić information content (AvgIpc) is 2.90. The first-order valence-electron chi connectivity index (χ1n) is 11.4. The fourth-order valence-electron chi connectivity index (χ4n) is 3.59. The van der Waals surface area contributed by atoms with Gasteiger partial charge in [-0.25, -0.2) is 31.5 Å². The first-order valence-corrected chi connectivity index (χ1v) is 14.3. The molecule has 0 radical (unpaired) electrons. The summed E-state index contributed by atoms with van der Waals surface area (Å²) in [6.45, 7) is 3.12. The molecular formula is C26H25N5O5S2. The van der Waals surface area contributed by atoms with Gasteiger partial charge in [-0.05, 0) is 73.5 Å². The number of aryl methyl sites for hydroxylation is 2. The minimum absolute atomic E-state index is 0.0539. The predicted molar refractivity (Wildman–Crippen MR) is 145 cm³/mol. The normalized spacial score (nSPS) is 11.5. The van der Waals surface area contributed by atoms with E-state index < -0.39 is 32.5 Å². The lowest BCUT2D eigenvalue weighted by molar-refractivity contribution is -0.114. The van der Waals surface area contributed by atoms with Crippen LogP contribution in [0.5, 0.6) is 0 Å². The molecule has 4 rings (SSSR count). The molecule has 3 aromatic carbocycles. The molecular weight excluding hydrogens is 526 g/mol. The standard InChI is InChI=1S/C26H25N5O5S2/c1-19-9-10-20(2)24(17-19)31(38(35,36)23-7-4-3-5-8-23)18-25(32)29-21-11-13-22(14-12-21)37(33,34)30-26-27-15-6-16-28-26/h3-17H,18H2,1-2H3,(H,29,32)(H,27,28,30). The summed E-state index contributed by atoms with van der Waals surface area (Å²) < 4.78 is 55.6. The minimum atomic E-state index is -4.06. The molecule has 1 heterocycles. The van der Waals surface area contributed by atoms with E-state index in [1.807, 2.05) is 13.0 Å². The molecule has 0 bridgehead atoms. The third kappa shape index (κ3) is 6.15. The fourth-order valence-corrected chi connectivity index (χ4v) is 6.04. The van der Waals surface area contributed by atoms with Crippen LogP contribution < -0.4 is 14.3 Å². The van der Waals surface area contributed by atoms with Gasteiger partial charge >= 0.3 is 0 Å². The van der Waals surface area contributed by atoms with Crippen LogP contribution in [0.1, 0.15) is 11.1 Å². The van der Waals surface area contributed by atoms with Crippen LogP contribution in [0.2, 0.25) is 0 Å². The quantitative estimate of drug-likeness (QED) is 0.323. The van der Waals surface area contributed by atoms with E-state index in [9.17, 15) is 21.6 Å². The Hall–Kier alpha value is -4.29. The second-order valence-electron chi connectivity index (χ2n) is 8.37. The lowest BCUT2D eigenvalue weighted by Crippen LogP contribution is -2.38. The van der Waals surface area contributed by atoms with Gasteiger partial charge in [0.1, 0.15) is 6.54 Å². The van der Waals surface area contributed by atoms with Crippen LogP contribution in [0.25, 0.3) is 0 Å². The average molecular weight is 552 g/mol. The van der Waals surface area contributed by atoms with Gasteiger partial charge in [0.2, 0.25) is 11.9 Å². The van der Waals surface area contributed by atoms with Crippen LogP contribution in [-0.2, 0) is 24.8 Å². The number of benzene rings is 3. The van der Waals surface area contributed by atoms with E-state index in [1.165, 1.54) is 48.8 Å². The Morgan fingerprint density at radius 1 is 0.816 bits per heavy atom. The van der Waals surface area contributed by atoms with Crippen LogP contribution in [0.15, 0.2) is 101 Å². The van der Waals surface area contributed by atoms with Crippen molar-refractivity contribution in [3.63, 3.8) is 0 Å². The van der Waals surface area contributed by atoms with Crippen LogP contribution in [0.4, 0.5) is 17.3 Å². The predicted octanol–water partition coefficient (Wildman–Crippen LogP) is 3.73. The molecule has 1 amide bonds. The first-order chi connectivity index (χ1) is 18.1. The van der Waals surface area contributed by atoms with Crippen molar-refractivity contribution in [2.45, 2.75) is 23.6 Å². The lowest BCUT2D eigenvalue weighted by atomic mass is 10.1. The Bertz CT molecular complexity index is 1650. The van der Waals surface area contributed by atoms with Gasteiger partial charge < -0.3 is 5.32 Å². The van der Waals surface area contributed by atoms with Gasteiger partial charge in [0, 0.05) is 18.1 Å². The van der Waals surface area contributed by atoms with E-state index >= 15 is 0 Å². The largest absolute Gasteiger partial charge is 0.325 e. The summed E-state index contributed by atoms with van der Waals surface area (Å²) in [7, 11) is -8.01. The maximum absolute atomic E-state index is 13.6. The molecule has 0 saturated heterocycles. The van der Waals surface area contributed by atoms with E-state index in [-0.39, 0.29) is 15.7 Å². The van der Waals surface area contributed by atoms with Crippen molar-refractivity contribution in [1.29, 1.82) is 0 Å². The first kappa shape index (κ1) is 26.8. The third-order valence-corrected chi connectivity index (χ3v) is 8.61. The Morgan fingerprint density at radius 2 is 1.47 bits per heavy atom. The van der Waals surface area contributed by atoms with Crippen molar-refractivity contribution < 1.29 is 21.6 Å². The van der Waals surface area contributed by atoms with E-state index in [2.05, 4.69) is 20.0 Å². The molecule has 10 nitrogen and oxygen atoms in total. The fraction of sp³-hybridized carbons (Fsp3) is 0.115. The van der Waals surface area contributed by atoms with E-state index in [0.29, 0.717) is 16.9 Å². The number of nitrogens with zero attached hydrogens (tertiary/aromatic N) is 3. The molecule has 1 aromatic heterocycles. The number of carbonyl (C=O) groups excluding carboxylic acids is 1. The SMILES string of the molecule is Cc1ccc(C)c(N(CC(=O)Nc2ccc(S(=O)(=O)Nc3ncccn3)cc2)S(=O)(=O)c2ccccc2)c1. The Balaban J connectivity index is 1.56. The summed E-state index contributed by atoms with van der Waals surface area (Å²) in [5.41, 5.74) is 2.21. The topological polar surface area (TPSA) is 138 Å². The lowest BCUT2D eigenvalue weighted by Gasteiger charge is -2.26. The summed E-state index contributed by atoms with van der Waals surface area (Å²) in [5, 5.41) is 2.64. The van der Waals surface area contributed by atoms with Crippen LogP contribution in [0.3, 0.4) is 0 Å². The van der Waals surface area contributed by atoms with Gasteiger partial charge in [0.15, 0.2) is 0 Å².